The maximum Gasteiger partial charge on any atom is 0.0646 e. The van der Waals surface area contributed by atoms with E-state index in [0.29, 0.717) is 0 Å². The van der Waals surface area contributed by atoms with Crippen molar-refractivity contribution in [3.63, 3.8) is 0 Å². The smallest absolute Gasteiger partial charge is 0.0646 e. The predicted molar refractivity (Wildman–Crippen MR) is 63.3 cm³/mol. The van der Waals surface area contributed by atoms with Gasteiger partial charge in [0.05, 0.1) is 18.0 Å². The summed E-state index contributed by atoms with van der Waals surface area (Å²) in [5, 5.41) is 8.01. The van der Waals surface area contributed by atoms with E-state index in [-0.39, 0.29) is 5.54 Å². The highest BCUT2D eigenvalue weighted by atomic mass is 16.5. The van der Waals surface area contributed by atoms with Gasteiger partial charge in [0.15, 0.2) is 0 Å². The molecule has 1 aromatic heterocycles. The molecule has 1 unspecified atom stereocenters. The molecule has 0 amide bonds. The molecule has 1 atom stereocenters. The van der Waals surface area contributed by atoms with Crippen LogP contribution in [0.2, 0.25) is 0 Å². The lowest BCUT2D eigenvalue weighted by molar-refractivity contribution is 0.171. The van der Waals surface area contributed by atoms with Gasteiger partial charge >= 0.3 is 0 Å². The average molecular weight is 223 g/mol. The fraction of sp³-hybridized carbons (Fsp3) is 0.750. The molecule has 2 heterocycles. The Morgan fingerprint density at radius 3 is 3.00 bits per heavy atom. The molecular formula is C12H21N3O. The van der Waals surface area contributed by atoms with Gasteiger partial charge in [0.1, 0.15) is 0 Å². The Hall–Kier alpha value is -0.870. The minimum Gasteiger partial charge on any atom is -0.379 e. The molecule has 1 fully saturated rings. The van der Waals surface area contributed by atoms with E-state index < -0.39 is 0 Å². The van der Waals surface area contributed by atoms with Crippen LogP contribution in [-0.2, 0) is 24.8 Å². The number of rotatable bonds is 4. The highest BCUT2D eigenvalue weighted by molar-refractivity contribution is 5.10. The first-order valence-electron chi connectivity index (χ1n) is 5.97. The Morgan fingerprint density at radius 2 is 2.44 bits per heavy atom. The zero-order valence-electron chi connectivity index (χ0n) is 10.4. The van der Waals surface area contributed by atoms with Crippen molar-refractivity contribution in [1.29, 1.82) is 0 Å². The van der Waals surface area contributed by atoms with Crippen molar-refractivity contribution >= 4 is 0 Å². The minimum absolute atomic E-state index is 0.136. The van der Waals surface area contributed by atoms with Crippen molar-refractivity contribution in [2.45, 2.75) is 38.8 Å². The summed E-state index contributed by atoms with van der Waals surface area (Å²) in [6.45, 7) is 6.90. The molecule has 1 saturated heterocycles. The summed E-state index contributed by atoms with van der Waals surface area (Å²) < 4.78 is 7.38. The molecule has 0 bridgehead atoms. The van der Waals surface area contributed by atoms with Crippen molar-refractivity contribution in [3.8, 4) is 0 Å². The standard InChI is InChI=1S/C12H21N3O/c1-4-10-7-11(15(3)14-10)8-13-12(2)5-6-16-9-12/h7,13H,4-6,8-9H2,1-3H3. The first-order chi connectivity index (χ1) is 7.63. The molecule has 1 aliphatic heterocycles. The Bertz CT molecular complexity index is 353. The average Bonchev–Trinajstić information content (AvgIpc) is 2.83. The predicted octanol–water partition coefficient (Wildman–Crippen LogP) is 1.25. The SMILES string of the molecule is CCc1cc(CNC2(C)CCOC2)n(C)n1. The third kappa shape index (κ3) is 2.44. The molecule has 0 aromatic carbocycles. The molecule has 90 valence electrons. The van der Waals surface area contributed by atoms with Crippen LogP contribution < -0.4 is 5.32 Å². The van der Waals surface area contributed by atoms with Crippen molar-refractivity contribution < 1.29 is 4.74 Å². The first-order valence-corrected chi connectivity index (χ1v) is 5.97. The number of aromatic nitrogens is 2. The number of nitrogens with one attached hydrogen (secondary N) is 1. The molecule has 4 nitrogen and oxygen atoms in total. The lowest BCUT2D eigenvalue weighted by Crippen LogP contribution is -2.42. The number of aryl methyl sites for hydroxylation is 2. The molecule has 0 spiro atoms. The quantitative estimate of drug-likeness (QED) is 0.835. The van der Waals surface area contributed by atoms with Gasteiger partial charge < -0.3 is 10.1 Å². The lowest BCUT2D eigenvalue weighted by Gasteiger charge is -2.23. The summed E-state index contributed by atoms with van der Waals surface area (Å²) in [4.78, 5) is 0. The molecular weight excluding hydrogens is 202 g/mol. The highest BCUT2D eigenvalue weighted by Crippen LogP contribution is 2.18. The monoisotopic (exact) mass is 223 g/mol. The molecule has 0 saturated carbocycles. The lowest BCUT2D eigenvalue weighted by atomic mass is 10.0. The molecule has 1 aliphatic rings. The van der Waals surface area contributed by atoms with Gasteiger partial charge in [-0.2, -0.15) is 5.10 Å². The van der Waals surface area contributed by atoms with Gasteiger partial charge in [-0.3, -0.25) is 4.68 Å². The van der Waals surface area contributed by atoms with E-state index in [2.05, 4.69) is 30.3 Å². The van der Waals surface area contributed by atoms with Gasteiger partial charge in [0, 0.05) is 25.7 Å². The molecule has 0 aliphatic carbocycles. The van der Waals surface area contributed by atoms with Crippen LogP contribution in [0.5, 0.6) is 0 Å². The summed E-state index contributed by atoms with van der Waals surface area (Å²) in [5.41, 5.74) is 2.54. The van der Waals surface area contributed by atoms with E-state index in [1.807, 2.05) is 11.7 Å². The van der Waals surface area contributed by atoms with Crippen molar-refractivity contribution in [2.75, 3.05) is 13.2 Å². The fourth-order valence-corrected chi connectivity index (χ4v) is 2.02. The Morgan fingerprint density at radius 1 is 1.62 bits per heavy atom. The highest BCUT2D eigenvalue weighted by Gasteiger charge is 2.28. The summed E-state index contributed by atoms with van der Waals surface area (Å²) in [7, 11) is 2.00. The zero-order valence-corrected chi connectivity index (χ0v) is 10.4. The van der Waals surface area contributed by atoms with Crippen molar-refractivity contribution in [2.24, 2.45) is 7.05 Å². The van der Waals surface area contributed by atoms with E-state index in [9.17, 15) is 0 Å². The molecule has 2 rings (SSSR count). The third-order valence-electron chi connectivity index (χ3n) is 3.30. The van der Waals surface area contributed by atoms with Gasteiger partial charge in [-0.25, -0.2) is 0 Å². The number of nitrogens with zero attached hydrogens (tertiary/aromatic N) is 2. The van der Waals surface area contributed by atoms with E-state index in [4.69, 9.17) is 4.74 Å². The molecule has 1 N–H and O–H groups in total. The van der Waals surface area contributed by atoms with Crippen LogP contribution in [0.4, 0.5) is 0 Å². The molecule has 4 heteroatoms. The second kappa shape index (κ2) is 4.55. The van der Waals surface area contributed by atoms with Crippen LogP contribution in [0.25, 0.3) is 0 Å². The van der Waals surface area contributed by atoms with Gasteiger partial charge in [-0.05, 0) is 25.8 Å². The Labute approximate surface area is 97.0 Å². The first kappa shape index (κ1) is 11.6. The van der Waals surface area contributed by atoms with E-state index >= 15 is 0 Å². The van der Waals surface area contributed by atoms with Crippen LogP contribution in [0.1, 0.15) is 31.7 Å². The van der Waals surface area contributed by atoms with E-state index in [1.165, 1.54) is 5.69 Å². The van der Waals surface area contributed by atoms with Crippen LogP contribution in [-0.4, -0.2) is 28.5 Å². The van der Waals surface area contributed by atoms with E-state index in [0.717, 1.165) is 38.3 Å². The number of ether oxygens (including phenoxy) is 1. The van der Waals surface area contributed by atoms with Gasteiger partial charge in [-0.15, -0.1) is 0 Å². The summed E-state index contributed by atoms with van der Waals surface area (Å²) in [6, 6.07) is 2.17. The third-order valence-corrected chi connectivity index (χ3v) is 3.30. The zero-order chi connectivity index (χ0) is 11.6. The van der Waals surface area contributed by atoms with Crippen molar-refractivity contribution in [3.05, 3.63) is 17.5 Å². The fourth-order valence-electron chi connectivity index (χ4n) is 2.02. The normalized spacial score (nSPS) is 25.2. The van der Waals surface area contributed by atoms with Crippen LogP contribution in [0.3, 0.4) is 0 Å². The Kier molecular flexibility index (Phi) is 3.30. The maximum atomic E-state index is 5.42. The summed E-state index contributed by atoms with van der Waals surface area (Å²) >= 11 is 0. The number of hydrogen-bond donors (Lipinski definition) is 1. The van der Waals surface area contributed by atoms with Crippen molar-refractivity contribution in [1.82, 2.24) is 15.1 Å². The summed E-state index contributed by atoms with van der Waals surface area (Å²) in [5.74, 6) is 0. The second-order valence-corrected chi connectivity index (χ2v) is 4.82. The largest absolute Gasteiger partial charge is 0.379 e. The van der Waals surface area contributed by atoms with Gasteiger partial charge in [0.25, 0.3) is 0 Å². The molecule has 0 radical (unpaired) electrons. The van der Waals surface area contributed by atoms with Crippen LogP contribution in [0.15, 0.2) is 6.07 Å². The number of hydrogen-bond acceptors (Lipinski definition) is 3. The summed E-state index contributed by atoms with van der Waals surface area (Å²) in [6.07, 6.45) is 2.08. The van der Waals surface area contributed by atoms with E-state index in [1.54, 1.807) is 0 Å². The van der Waals surface area contributed by atoms with Gasteiger partial charge in [0.2, 0.25) is 0 Å². The molecule has 1 aromatic rings. The second-order valence-electron chi connectivity index (χ2n) is 4.82. The topological polar surface area (TPSA) is 39.1 Å². The van der Waals surface area contributed by atoms with Crippen LogP contribution >= 0.6 is 0 Å². The minimum atomic E-state index is 0.136. The Balaban J connectivity index is 1.96. The van der Waals surface area contributed by atoms with Gasteiger partial charge in [-0.1, -0.05) is 6.92 Å². The molecule has 16 heavy (non-hydrogen) atoms. The van der Waals surface area contributed by atoms with Crippen LogP contribution in [0, 0.1) is 0 Å². The maximum absolute atomic E-state index is 5.42.